The first-order valence-electron chi connectivity index (χ1n) is 5.36. The van der Waals surface area contributed by atoms with Gasteiger partial charge < -0.3 is 15.8 Å². The first-order chi connectivity index (χ1) is 7.72. The highest BCUT2D eigenvalue weighted by molar-refractivity contribution is 5.94. The minimum atomic E-state index is -0.354. The minimum absolute atomic E-state index is 0.164. The molecular formula is C11H15N3O2. The minimum Gasteiger partial charge on any atom is -0.462 e. The van der Waals surface area contributed by atoms with Crippen LogP contribution in [0, 0.1) is 0 Å². The van der Waals surface area contributed by atoms with Crippen LogP contribution in [0.15, 0.2) is 18.3 Å². The van der Waals surface area contributed by atoms with Crippen molar-refractivity contribution in [3.63, 3.8) is 0 Å². The van der Waals surface area contributed by atoms with Crippen molar-refractivity contribution in [2.45, 2.75) is 25.4 Å². The molecule has 5 heteroatoms. The quantitative estimate of drug-likeness (QED) is 0.734. The third kappa shape index (κ3) is 2.30. The summed E-state index contributed by atoms with van der Waals surface area (Å²) in [5.74, 6) is 0.200. The van der Waals surface area contributed by atoms with Crippen LogP contribution in [0.3, 0.4) is 0 Å². The lowest BCUT2D eigenvalue weighted by Crippen LogP contribution is -2.17. The van der Waals surface area contributed by atoms with E-state index in [1.807, 2.05) is 0 Å². The molecule has 1 aromatic heterocycles. The van der Waals surface area contributed by atoms with Crippen molar-refractivity contribution < 1.29 is 9.53 Å². The van der Waals surface area contributed by atoms with Crippen LogP contribution < -0.4 is 11.1 Å². The zero-order chi connectivity index (χ0) is 11.5. The number of nitrogens with two attached hydrogens (primary N) is 1. The third-order valence-electron chi connectivity index (χ3n) is 2.46. The average Bonchev–Trinajstić information content (AvgIpc) is 2.95. The summed E-state index contributed by atoms with van der Waals surface area (Å²) in [4.78, 5) is 15.7. The lowest BCUT2D eigenvalue weighted by molar-refractivity contribution is 0.0527. The van der Waals surface area contributed by atoms with Crippen LogP contribution in [0.4, 0.5) is 5.82 Å². The largest absolute Gasteiger partial charge is 0.462 e. The number of nitrogens with zero attached hydrogens (tertiary/aromatic N) is 1. The van der Waals surface area contributed by atoms with Crippen molar-refractivity contribution in [2.24, 2.45) is 5.73 Å². The van der Waals surface area contributed by atoms with Crippen LogP contribution in [0.1, 0.15) is 23.7 Å². The number of carbonyl (C=O) groups excluding carboxylic acids is 1. The van der Waals surface area contributed by atoms with E-state index in [4.69, 9.17) is 10.5 Å². The molecular weight excluding hydrogens is 206 g/mol. The molecule has 1 fully saturated rings. The maximum Gasteiger partial charge on any atom is 0.341 e. The molecule has 2 rings (SSSR count). The first-order valence-corrected chi connectivity index (χ1v) is 5.36. The van der Waals surface area contributed by atoms with Crippen molar-refractivity contribution in [1.29, 1.82) is 0 Å². The Bertz CT molecular complexity index is 395. The molecule has 1 saturated carbocycles. The fraction of sp³-hybridized carbons (Fsp3) is 0.455. The molecule has 2 unspecified atom stereocenters. The number of esters is 1. The fourth-order valence-electron chi connectivity index (χ4n) is 1.45. The fourth-order valence-corrected chi connectivity index (χ4v) is 1.45. The predicted molar refractivity (Wildman–Crippen MR) is 60.2 cm³/mol. The number of rotatable bonds is 4. The van der Waals surface area contributed by atoms with Gasteiger partial charge in [-0.05, 0) is 25.5 Å². The van der Waals surface area contributed by atoms with E-state index in [1.165, 1.54) is 0 Å². The second-order valence-electron chi connectivity index (χ2n) is 3.77. The number of ether oxygens (including phenoxy) is 1. The topological polar surface area (TPSA) is 77.2 Å². The molecule has 1 heterocycles. The van der Waals surface area contributed by atoms with E-state index in [-0.39, 0.29) is 18.1 Å². The summed E-state index contributed by atoms with van der Waals surface area (Å²) >= 11 is 0. The van der Waals surface area contributed by atoms with Crippen LogP contribution in [0.5, 0.6) is 0 Å². The van der Waals surface area contributed by atoms with Crippen LogP contribution in [0.25, 0.3) is 0 Å². The number of hydrogen-bond donors (Lipinski definition) is 2. The summed E-state index contributed by atoms with van der Waals surface area (Å²) in [7, 11) is 0. The van der Waals surface area contributed by atoms with Crippen molar-refractivity contribution in [3.05, 3.63) is 23.9 Å². The molecule has 0 bridgehead atoms. The molecule has 0 saturated heterocycles. The number of carbonyl (C=O) groups is 1. The SMILES string of the molecule is CCOC(=O)c1cccnc1NC1CC1N. The lowest BCUT2D eigenvalue weighted by Gasteiger charge is -2.09. The molecule has 1 aromatic rings. The molecule has 2 atom stereocenters. The van der Waals surface area contributed by atoms with Crippen molar-refractivity contribution in [3.8, 4) is 0 Å². The standard InChI is InChI=1S/C11H15N3O2/c1-2-16-11(15)7-4-3-5-13-10(7)14-9-6-8(9)12/h3-5,8-9H,2,6,12H2,1H3,(H,13,14). The number of hydrogen-bond acceptors (Lipinski definition) is 5. The van der Waals surface area contributed by atoms with Gasteiger partial charge in [0.1, 0.15) is 11.4 Å². The van der Waals surface area contributed by atoms with Crippen molar-refractivity contribution in [2.75, 3.05) is 11.9 Å². The predicted octanol–water partition coefficient (Wildman–Crippen LogP) is 0.770. The normalized spacial score (nSPS) is 22.6. The molecule has 0 aliphatic heterocycles. The molecule has 1 aliphatic carbocycles. The number of aromatic nitrogens is 1. The van der Waals surface area contributed by atoms with E-state index in [0.29, 0.717) is 18.0 Å². The summed E-state index contributed by atoms with van der Waals surface area (Å²) in [6.45, 7) is 2.13. The Balaban J connectivity index is 2.13. The molecule has 5 nitrogen and oxygen atoms in total. The van der Waals surface area contributed by atoms with Gasteiger partial charge in [0.05, 0.1) is 6.61 Å². The van der Waals surface area contributed by atoms with Crippen LogP contribution >= 0.6 is 0 Å². The van der Waals surface area contributed by atoms with Gasteiger partial charge in [-0.2, -0.15) is 0 Å². The Morgan fingerprint density at radius 3 is 3.12 bits per heavy atom. The maximum absolute atomic E-state index is 11.6. The molecule has 3 N–H and O–H groups in total. The van der Waals surface area contributed by atoms with Crippen LogP contribution in [-0.4, -0.2) is 29.6 Å². The second-order valence-corrected chi connectivity index (χ2v) is 3.77. The Kier molecular flexibility index (Phi) is 3.05. The lowest BCUT2D eigenvalue weighted by atomic mass is 10.2. The first kappa shape index (κ1) is 10.9. The van der Waals surface area contributed by atoms with E-state index in [1.54, 1.807) is 25.3 Å². The second kappa shape index (κ2) is 4.49. The number of pyridine rings is 1. The van der Waals surface area contributed by atoms with E-state index in [9.17, 15) is 4.79 Å². The van der Waals surface area contributed by atoms with Gasteiger partial charge in [0, 0.05) is 18.3 Å². The zero-order valence-corrected chi connectivity index (χ0v) is 9.14. The maximum atomic E-state index is 11.6. The highest BCUT2D eigenvalue weighted by Crippen LogP contribution is 2.24. The van der Waals surface area contributed by atoms with Crippen LogP contribution in [0.2, 0.25) is 0 Å². The van der Waals surface area contributed by atoms with E-state index in [0.717, 1.165) is 6.42 Å². The summed E-state index contributed by atoms with van der Waals surface area (Å²) in [5.41, 5.74) is 6.15. The van der Waals surface area contributed by atoms with Gasteiger partial charge in [0.15, 0.2) is 0 Å². The molecule has 86 valence electrons. The van der Waals surface area contributed by atoms with Gasteiger partial charge in [0.25, 0.3) is 0 Å². The summed E-state index contributed by atoms with van der Waals surface area (Å²) < 4.78 is 4.95. The highest BCUT2D eigenvalue weighted by atomic mass is 16.5. The Labute approximate surface area is 94.0 Å². The Hall–Kier alpha value is -1.62. The average molecular weight is 221 g/mol. The van der Waals surface area contributed by atoms with Crippen LogP contribution in [-0.2, 0) is 4.74 Å². The zero-order valence-electron chi connectivity index (χ0n) is 9.14. The van der Waals surface area contributed by atoms with Gasteiger partial charge in [0.2, 0.25) is 0 Å². The van der Waals surface area contributed by atoms with Gasteiger partial charge in [-0.3, -0.25) is 0 Å². The molecule has 16 heavy (non-hydrogen) atoms. The molecule has 0 radical (unpaired) electrons. The van der Waals surface area contributed by atoms with Gasteiger partial charge in [-0.25, -0.2) is 9.78 Å². The summed E-state index contributed by atoms with van der Waals surface area (Å²) in [6.07, 6.45) is 2.55. The number of nitrogens with one attached hydrogen (secondary N) is 1. The monoisotopic (exact) mass is 221 g/mol. The molecule has 0 spiro atoms. The van der Waals surface area contributed by atoms with E-state index >= 15 is 0 Å². The van der Waals surface area contributed by atoms with E-state index in [2.05, 4.69) is 10.3 Å². The van der Waals surface area contributed by atoms with Crippen molar-refractivity contribution in [1.82, 2.24) is 4.98 Å². The van der Waals surface area contributed by atoms with Gasteiger partial charge >= 0.3 is 5.97 Å². The Morgan fingerprint density at radius 1 is 1.75 bits per heavy atom. The third-order valence-corrected chi connectivity index (χ3v) is 2.46. The Morgan fingerprint density at radius 2 is 2.50 bits per heavy atom. The van der Waals surface area contributed by atoms with Crippen molar-refractivity contribution >= 4 is 11.8 Å². The summed E-state index contributed by atoms with van der Waals surface area (Å²) in [5, 5.41) is 3.14. The van der Waals surface area contributed by atoms with E-state index < -0.39 is 0 Å². The molecule has 0 amide bonds. The van der Waals surface area contributed by atoms with Gasteiger partial charge in [-0.1, -0.05) is 0 Å². The molecule has 1 aliphatic rings. The summed E-state index contributed by atoms with van der Waals surface area (Å²) in [6, 6.07) is 3.80. The highest BCUT2D eigenvalue weighted by Gasteiger charge is 2.34. The smallest absolute Gasteiger partial charge is 0.341 e. The number of anilines is 1. The molecule has 0 aromatic carbocycles. The van der Waals surface area contributed by atoms with Gasteiger partial charge in [-0.15, -0.1) is 0 Å².